The summed E-state index contributed by atoms with van der Waals surface area (Å²) >= 11 is 0. The van der Waals surface area contributed by atoms with E-state index in [1.54, 1.807) is 42.5 Å². The number of carbonyl (C=O) groups is 1. The maximum atomic E-state index is 12.5. The molecule has 0 fully saturated rings. The maximum Gasteiger partial charge on any atom is 0.272 e. The van der Waals surface area contributed by atoms with Crippen LogP contribution in [0.15, 0.2) is 53.3 Å². The number of hydrogen-bond donors (Lipinski definition) is 2. The smallest absolute Gasteiger partial charge is 0.272 e. The molecule has 0 aliphatic heterocycles. The Hall–Kier alpha value is -3.28. The van der Waals surface area contributed by atoms with E-state index >= 15 is 0 Å². The van der Waals surface area contributed by atoms with E-state index in [4.69, 9.17) is 9.47 Å². The normalized spacial score (nSPS) is 10.4. The number of anilines is 1. The molecule has 0 unspecified atom stereocenters. The Labute approximate surface area is 138 Å². The lowest BCUT2D eigenvalue weighted by Crippen LogP contribution is -2.19. The second-order valence-corrected chi connectivity index (χ2v) is 5.12. The first-order chi connectivity index (χ1) is 11.6. The number of aromatic amines is 1. The van der Waals surface area contributed by atoms with Crippen LogP contribution in [0.3, 0.4) is 0 Å². The standard InChI is InChI=1S/C18H16N2O4/c1-23-12-7-8-16(24-2)14(10-12)19-18(22)15-9-11-5-3-4-6-13(11)17(21)20-15/h3-10H,1-2H3,(H,19,22)(H,20,21). The molecular formula is C18H16N2O4. The zero-order valence-corrected chi connectivity index (χ0v) is 13.3. The Bertz CT molecular complexity index is 963. The number of benzene rings is 2. The van der Waals surface area contributed by atoms with Gasteiger partial charge in [0.2, 0.25) is 0 Å². The third-order valence-corrected chi connectivity index (χ3v) is 3.65. The number of carbonyl (C=O) groups excluding carboxylic acids is 1. The van der Waals surface area contributed by atoms with Gasteiger partial charge in [-0.15, -0.1) is 0 Å². The molecule has 1 heterocycles. The highest BCUT2D eigenvalue weighted by atomic mass is 16.5. The second kappa shape index (κ2) is 6.45. The molecule has 2 N–H and O–H groups in total. The van der Waals surface area contributed by atoms with Crippen molar-refractivity contribution in [2.24, 2.45) is 0 Å². The van der Waals surface area contributed by atoms with Crippen molar-refractivity contribution < 1.29 is 14.3 Å². The average Bonchev–Trinajstić information content (AvgIpc) is 2.61. The van der Waals surface area contributed by atoms with Gasteiger partial charge in [-0.1, -0.05) is 18.2 Å². The molecule has 2 aromatic carbocycles. The molecule has 3 aromatic rings. The number of rotatable bonds is 4. The monoisotopic (exact) mass is 324 g/mol. The zero-order valence-electron chi connectivity index (χ0n) is 13.3. The van der Waals surface area contributed by atoms with Gasteiger partial charge < -0.3 is 19.8 Å². The van der Waals surface area contributed by atoms with Crippen molar-refractivity contribution in [3.8, 4) is 11.5 Å². The van der Waals surface area contributed by atoms with Gasteiger partial charge in [0.25, 0.3) is 11.5 Å². The van der Waals surface area contributed by atoms with Gasteiger partial charge in [0.1, 0.15) is 17.2 Å². The Balaban J connectivity index is 1.97. The quantitative estimate of drug-likeness (QED) is 0.773. The lowest BCUT2D eigenvalue weighted by Gasteiger charge is -2.12. The van der Waals surface area contributed by atoms with E-state index in [2.05, 4.69) is 10.3 Å². The number of fused-ring (bicyclic) bond motifs is 1. The molecule has 0 spiro atoms. The summed E-state index contributed by atoms with van der Waals surface area (Å²) in [6, 6.07) is 13.8. The number of H-pyrrole nitrogens is 1. The summed E-state index contributed by atoms with van der Waals surface area (Å²) in [5.74, 6) is 0.634. The van der Waals surface area contributed by atoms with Crippen LogP contribution in [-0.2, 0) is 0 Å². The highest BCUT2D eigenvalue weighted by molar-refractivity contribution is 6.05. The summed E-state index contributed by atoms with van der Waals surface area (Å²) in [5, 5.41) is 3.96. The highest BCUT2D eigenvalue weighted by Crippen LogP contribution is 2.29. The van der Waals surface area contributed by atoms with Gasteiger partial charge in [-0.2, -0.15) is 0 Å². The number of amides is 1. The van der Waals surface area contributed by atoms with Crippen molar-refractivity contribution in [3.63, 3.8) is 0 Å². The lowest BCUT2D eigenvalue weighted by molar-refractivity contribution is 0.102. The number of pyridine rings is 1. The lowest BCUT2D eigenvalue weighted by atomic mass is 10.1. The molecular weight excluding hydrogens is 308 g/mol. The van der Waals surface area contributed by atoms with Crippen molar-refractivity contribution in [3.05, 3.63) is 64.6 Å². The minimum absolute atomic E-state index is 0.170. The van der Waals surface area contributed by atoms with E-state index in [-0.39, 0.29) is 11.3 Å². The third-order valence-electron chi connectivity index (χ3n) is 3.65. The van der Waals surface area contributed by atoms with E-state index in [1.165, 1.54) is 14.2 Å². The minimum Gasteiger partial charge on any atom is -0.497 e. The van der Waals surface area contributed by atoms with Gasteiger partial charge >= 0.3 is 0 Å². The summed E-state index contributed by atoms with van der Waals surface area (Å²) in [6.45, 7) is 0. The largest absolute Gasteiger partial charge is 0.497 e. The molecule has 122 valence electrons. The van der Waals surface area contributed by atoms with Crippen LogP contribution >= 0.6 is 0 Å². The molecule has 0 saturated carbocycles. The molecule has 3 rings (SSSR count). The Kier molecular flexibility index (Phi) is 4.20. The molecule has 6 nitrogen and oxygen atoms in total. The average molecular weight is 324 g/mol. The van der Waals surface area contributed by atoms with Crippen molar-refractivity contribution in [2.75, 3.05) is 19.5 Å². The number of aromatic nitrogens is 1. The summed E-state index contributed by atoms with van der Waals surface area (Å²) in [4.78, 5) is 27.2. The second-order valence-electron chi connectivity index (χ2n) is 5.12. The van der Waals surface area contributed by atoms with Crippen LogP contribution in [-0.4, -0.2) is 25.1 Å². The predicted octanol–water partition coefficient (Wildman–Crippen LogP) is 2.80. The van der Waals surface area contributed by atoms with Crippen LogP contribution in [0, 0.1) is 0 Å². The molecule has 1 aromatic heterocycles. The van der Waals surface area contributed by atoms with E-state index in [9.17, 15) is 9.59 Å². The number of hydrogen-bond acceptors (Lipinski definition) is 4. The third kappa shape index (κ3) is 2.94. The molecule has 0 aliphatic carbocycles. The number of nitrogens with one attached hydrogen (secondary N) is 2. The topological polar surface area (TPSA) is 80.4 Å². The van der Waals surface area contributed by atoms with Gasteiger partial charge in [-0.05, 0) is 29.7 Å². The fourth-order valence-corrected chi connectivity index (χ4v) is 2.43. The van der Waals surface area contributed by atoms with Crippen LogP contribution in [0.5, 0.6) is 11.5 Å². The van der Waals surface area contributed by atoms with Gasteiger partial charge in [0, 0.05) is 11.5 Å². The van der Waals surface area contributed by atoms with Crippen LogP contribution in [0.4, 0.5) is 5.69 Å². The molecule has 24 heavy (non-hydrogen) atoms. The van der Waals surface area contributed by atoms with Gasteiger partial charge in [0.05, 0.1) is 19.9 Å². The Morgan fingerprint density at radius 1 is 1.04 bits per heavy atom. The first-order valence-corrected chi connectivity index (χ1v) is 7.28. The summed E-state index contributed by atoms with van der Waals surface area (Å²) < 4.78 is 10.4. The molecule has 1 amide bonds. The molecule has 6 heteroatoms. The van der Waals surface area contributed by atoms with Crippen LogP contribution in [0.2, 0.25) is 0 Å². The van der Waals surface area contributed by atoms with E-state index in [0.717, 1.165) is 0 Å². The fourth-order valence-electron chi connectivity index (χ4n) is 2.43. The molecule has 0 bridgehead atoms. The first-order valence-electron chi connectivity index (χ1n) is 7.28. The van der Waals surface area contributed by atoms with Crippen LogP contribution in [0.25, 0.3) is 10.8 Å². The molecule has 0 atom stereocenters. The summed E-state index contributed by atoms with van der Waals surface area (Å²) in [5.41, 5.74) is 0.315. The summed E-state index contributed by atoms with van der Waals surface area (Å²) in [7, 11) is 3.05. The zero-order chi connectivity index (χ0) is 17.1. The van der Waals surface area contributed by atoms with Crippen LogP contribution < -0.4 is 20.3 Å². The Morgan fingerprint density at radius 2 is 1.83 bits per heavy atom. The van der Waals surface area contributed by atoms with Crippen molar-refractivity contribution in [1.82, 2.24) is 4.98 Å². The Morgan fingerprint density at radius 3 is 2.58 bits per heavy atom. The van der Waals surface area contributed by atoms with E-state index < -0.39 is 5.91 Å². The predicted molar refractivity (Wildman–Crippen MR) is 92.1 cm³/mol. The first kappa shape index (κ1) is 15.6. The number of ether oxygens (including phenoxy) is 2. The van der Waals surface area contributed by atoms with Crippen molar-refractivity contribution in [2.45, 2.75) is 0 Å². The SMILES string of the molecule is COc1ccc(OC)c(NC(=O)c2cc3ccccc3c(=O)[nH]2)c1. The fraction of sp³-hybridized carbons (Fsp3) is 0.111. The van der Waals surface area contributed by atoms with Crippen molar-refractivity contribution >= 4 is 22.4 Å². The van der Waals surface area contributed by atoms with Gasteiger partial charge in [-0.25, -0.2) is 0 Å². The van der Waals surface area contributed by atoms with E-state index in [1.807, 2.05) is 6.07 Å². The summed E-state index contributed by atoms with van der Waals surface area (Å²) in [6.07, 6.45) is 0. The number of methoxy groups -OCH3 is 2. The molecule has 0 radical (unpaired) electrons. The van der Waals surface area contributed by atoms with Crippen LogP contribution in [0.1, 0.15) is 10.5 Å². The highest BCUT2D eigenvalue weighted by Gasteiger charge is 2.13. The molecule has 0 saturated heterocycles. The molecule has 0 aliphatic rings. The van der Waals surface area contributed by atoms with E-state index in [0.29, 0.717) is 28.0 Å². The minimum atomic E-state index is -0.440. The van der Waals surface area contributed by atoms with Gasteiger partial charge in [-0.3, -0.25) is 9.59 Å². The van der Waals surface area contributed by atoms with Crippen molar-refractivity contribution in [1.29, 1.82) is 0 Å². The maximum absolute atomic E-state index is 12.5. The van der Waals surface area contributed by atoms with Gasteiger partial charge in [0.15, 0.2) is 0 Å².